The van der Waals surface area contributed by atoms with Gasteiger partial charge in [-0.1, -0.05) is 48.9 Å². The van der Waals surface area contributed by atoms with Gasteiger partial charge in [0.25, 0.3) is 0 Å². The average molecular weight is 588 g/mol. The average Bonchev–Trinajstić information content (AvgIpc) is 2.86. The highest BCUT2D eigenvalue weighted by atomic mass is 35.5. The summed E-state index contributed by atoms with van der Waals surface area (Å²) in [6.07, 6.45) is -3.06. The Morgan fingerprint density at radius 3 is 2.36 bits per heavy atom. The van der Waals surface area contributed by atoms with Crippen molar-refractivity contribution in [1.29, 1.82) is 0 Å². The highest BCUT2D eigenvalue weighted by molar-refractivity contribution is 7.90. The molecule has 3 aromatic rings. The zero-order valence-electron chi connectivity index (χ0n) is 21.5. The van der Waals surface area contributed by atoms with E-state index < -0.39 is 28.2 Å². The van der Waals surface area contributed by atoms with E-state index in [1.54, 1.807) is 24.3 Å². The highest BCUT2D eigenvalue weighted by Crippen LogP contribution is 2.36. The first-order chi connectivity index (χ1) is 18.3. The Morgan fingerprint density at radius 1 is 1.05 bits per heavy atom. The molecule has 0 fully saturated rings. The normalized spacial score (nSPS) is 13.1. The molecule has 3 rings (SSSR count). The summed E-state index contributed by atoms with van der Waals surface area (Å²) in [4.78, 5) is 1.94. The molecule has 0 saturated heterocycles. The van der Waals surface area contributed by atoms with E-state index in [9.17, 15) is 31.1 Å². The monoisotopic (exact) mass is 587 g/mol. The highest BCUT2D eigenvalue weighted by Gasteiger charge is 2.34. The Bertz CT molecular complexity index is 1360. The second-order valence-electron chi connectivity index (χ2n) is 9.37. The van der Waals surface area contributed by atoms with Gasteiger partial charge < -0.3 is 9.84 Å². The number of alkyl halides is 3. The summed E-state index contributed by atoms with van der Waals surface area (Å²) in [5.41, 5.74) is 0.578. The standard InChI is InChI=1S/C28H30ClF4NO4S/c1-19(20-7-10-23(30)11-8-20)16-34(17-21-5-3-6-25(27(21)29)28(31,32)33)13-4-14-38-24-12-9-22(18-35)26(15-24)39(2,36)37/h3,5-12,15,19,35H,4,13-14,16-18H2,1-2H3. The Hall–Kier alpha value is -2.66. The molecule has 1 atom stereocenters. The van der Waals surface area contributed by atoms with Crippen molar-refractivity contribution in [3.8, 4) is 5.75 Å². The smallest absolute Gasteiger partial charge is 0.417 e. The number of ether oxygens (including phenoxy) is 1. The Balaban J connectivity index is 1.74. The van der Waals surface area contributed by atoms with Crippen LogP contribution in [0.1, 0.15) is 41.5 Å². The topological polar surface area (TPSA) is 66.8 Å². The minimum Gasteiger partial charge on any atom is -0.494 e. The third-order valence-corrected chi connectivity index (χ3v) is 7.87. The van der Waals surface area contributed by atoms with Crippen LogP contribution in [-0.2, 0) is 29.2 Å². The fourth-order valence-corrected chi connectivity index (χ4v) is 5.49. The molecular formula is C28H30ClF4NO4S. The summed E-state index contributed by atoms with van der Waals surface area (Å²) in [6, 6.07) is 14.3. The molecule has 0 aliphatic heterocycles. The van der Waals surface area contributed by atoms with Gasteiger partial charge in [-0.2, -0.15) is 13.2 Å². The molecule has 0 bridgehead atoms. The van der Waals surface area contributed by atoms with Crippen molar-refractivity contribution in [2.75, 3.05) is 26.0 Å². The van der Waals surface area contributed by atoms with Crippen molar-refractivity contribution in [3.05, 3.63) is 93.8 Å². The van der Waals surface area contributed by atoms with Crippen LogP contribution < -0.4 is 4.74 Å². The van der Waals surface area contributed by atoms with E-state index in [0.29, 0.717) is 30.8 Å². The first kappa shape index (κ1) is 30.9. The van der Waals surface area contributed by atoms with Crippen LogP contribution in [0.3, 0.4) is 0 Å². The third-order valence-electron chi connectivity index (χ3n) is 6.24. The molecule has 0 radical (unpaired) electrons. The van der Waals surface area contributed by atoms with Crippen LogP contribution in [0, 0.1) is 5.82 Å². The van der Waals surface area contributed by atoms with Gasteiger partial charge in [0.05, 0.1) is 28.7 Å². The van der Waals surface area contributed by atoms with Crippen LogP contribution in [0.15, 0.2) is 65.6 Å². The van der Waals surface area contributed by atoms with Gasteiger partial charge in [-0.15, -0.1) is 0 Å². The van der Waals surface area contributed by atoms with E-state index in [0.717, 1.165) is 17.9 Å². The molecule has 212 valence electrons. The zero-order valence-corrected chi connectivity index (χ0v) is 23.1. The molecule has 0 saturated carbocycles. The molecule has 11 heteroatoms. The van der Waals surface area contributed by atoms with Crippen molar-refractivity contribution >= 4 is 21.4 Å². The molecule has 3 aromatic carbocycles. The molecule has 0 aliphatic rings. The van der Waals surface area contributed by atoms with Crippen LogP contribution >= 0.6 is 11.6 Å². The second-order valence-corrected chi connectivity index (χ2v) is 11.7. The fraction of sp³-hybridized carbons (Fsp3) is 0.357. The van der Waals surface area contributed by atoms with Crippen LogP contribution in [0.5, 0.6) is 5.75 Å². The van der Waals surface area contributed by atoms with E-state index in [-0.39, 0.29) is 40.4 Å². The number of sulfone groups is 1. The van der Waals surface area contributed by atoms with Crippen molar-refractivity contribution in [2.45, 2.75) is 43.5 Å². The number of aliphatic hydroxyl groups is 1. The van der Waals surface area contributed by atoms with Gasteiger partial charge in [0.15, 0.2) is 9.84 Å². The summed E-state index contributed by atoms with van der Waals surface area (Å²) in [6.45, 7) is 2.77. The number of halogens is 5. The van der Waals surface area contributed by atoms with Gasteiger partial charge in [0, 0.05) is 25.9 Å². The van der Waals surface area contributed by atoms with Crippen molar-refractivity contribution < 1.29 is 35.8 Å². The van der Waals surface area contributed by atoms with Crippen LogP contribution in [0.2, 0.25) is 5.02 Å². The van der Waals surface area contributed by atoms with E-state index in [2.05, 4.69) is 0 Å². The molecular weight excluding hydrogens is 558 g/mol. The maximum Gasteiger partial charge on any atom is 0.417 e. The van der Waals surface area contributed by atoms with Gasteiger partial charge in [0.1, 0.15) is 11.6 Å². The third kappa shape index (κ3) is 8.66. The van der Waals surface area contributed by atoms with Gasteiger partial charge in [-0.25, -0.2) is 12.8 Å². The van der Waals surface area contributed by atoms with E-state index in [4.69, 9.17) is 16.3 Å². The van der Waals surface area contributed by atoms with E-state index >= 15 is 0 Å². The number of rotatable bonds is 12. The number of hydrogen-bond donors (Lipinski definition) is 1. The van der Waals surface area contributed by atoms with Crippen molar-refractivity contribution in [3.63, 3.8) is 0 Å². The summed E-state index contributed by atoms with van der Waals surface area (Å²) in [7, 11) is -3.57. The van der Waals surface area contributed by atoms with Crippen LogP contribution in [0.25, 0.3) is 0 Å². The number of benzene rings is 3. The second kappa shape index (κ2) is 13.1. The molecule has 0 aliphatic carbocycles. The van der Waals surface area contributed by atoms with Gasteiger partial charge in [-0.3, -0.25) is 4.90 Å². The molecule has 39 heavy (non-hydrogen) atoms. The molecule has 0 spiro atoms. The lowest BCUT2D eigenvalue weighted by molar-refractivity contribution is -0.137. The summed E-state index contributed by atoms with van der Waals surface area (Å²) in [5.74, 6) is -0.0963. The molecule has 0 amide bonds. The van der Waals surface area contributed by atoms with Gasteiger partial charge >= 0.3 is 6.18 Å². The Morgan fingerprint density at radius 2 is 1.74 bits per heavy atom. The zero-order chi connectivity index (χ0) is 28.8. The number of hydrogen-bond acceptors (Lipinski definition) is 5. The first-order valence-electron chi connectivity index (χ1n) is 12.2. The molecule has 1 N–H and O–H groups in total. The number of aliphatic hydroxyl groups excluding tert-OH is 1. The SMILES string of the molecule is CC(CN(CCCOc1ccc(CO)c(S(C)(=O)=O)c1)Cc1cccc(C(F)(F)F)c1Cl)c1ccc(F)cc1. The van der Waals surface area contributed by atoms with E-state index in [1.165, 1.54) is 30.3 Å². The Kier molecular flexibility index (Phi) is 10.4. The largest absolute Gasteiger partial charge is 0.494 e. The molecule has 1 unspecified atom stereocenters. The molecule has 0 aromatic heterocycles. The first-order valence-corrected chi connectivity index (χ1v) is 14.5. The summed E-state index contributed by atoms with van der Waals surface area (Å²) in [5, 5.41) is 9.07. The fourth-order valence-electron chi connectivity index (χ4n) is 4.26. The Labute approximate surface area is 230 Å². The maximum atomic E-state index is 13.4. The predicted molar refractivity (Wildman–Crippen MR) is 142 cm³/mol. The molecule has 0 heterocycles. The van der Waals surface area contributed by atoms with Gasteiger partial charge in [0.2, 0.25) is 0 Å². The summed E-state index contributed by atoms with van der Waals surface area (Å²) >= 11 is 6.15. The molecule has 5 nitrogen and oxygen atoms in total. The lowest BCUT2D eigenvalue weighted by Crippen LogP contribution is -2.30. The lowest BCUT2D eigenvalue weighted by Gasteiger charge is -2.27. The summed E-state index contributed by atoms with van der Waals surface area (Å²) < 4.78 is 83.4. The number of nitrogens with zero attached hydrogens (tertiary/aromatic N) is 1. The maximum absolute atomic E-state index is 13.4. The minimum absolute atomic E-state index is 0.0172. The predicted octanol–water partition coefficient (Wildman–Crippen LogP) is 6.47. The van der Waals surface area contributed by atoms with Crippen LogP contribution in [0.4, 0.5) is 17.6 Å². The van der Waals surface area contributed by atoms with Crippen LogP contribution in [-0.4, -0.2) is 44.4 Å². The van der Waals surface area contributed by atoms with Crippen molar-refractivity contribution in [1.82, 2.24) is 4.90 Å². The lowest BCUT2D eigenvalue weighted by atomic mass is 10.00. The van der Waals surface area contributed by atoms with Crippen molar-refractivity contribution in [2.24, 2.45) is 0 Å². The van der Waals surface area contributed by atoms with E-state index in [1.807, 2.05) is 11.8 Å². The van der Waals surface area contributed by atoms with Gasteiger partial charge in [-0.05, 0) is 59.4 Å². The minimum atomic E-state index is -4.58. The quantitative estimate of drug-likeness (QED) is 0.194.